The van der Waals surface area contributed by atoms with Crippen molar-refractivity contribution in [1.82, 2.24) is 5.43 Å². The van der Waals surface area contributed by atoms with E-state index in [0.717, 1.165) is 15.6 Å². The Kier molecular flexibility index (Phi) is 7.55. The number of hydrazone groups is 1. The summed E-state index contributed by atoms with van der Waals surface area (Å²) < 4.78 is 32.9. The Morgan fingerprint density at radius 1 is 1.00 bits per heavy atom. The molecule has 0 unspecified atom stereocenters. The molecule has 0 aromatic heterocycles. The van der Waals surface area contributed by atoms with E-state index in [1.807, 2.05) is 19.1 Å². The van der Waals surface area contributed by atoms with Crippen LogP contribution < -0.4 is 14.5 Å². The smallest absolute Gasteiger partial charge is 0.271 e. The van der Waals surface area contributed by atoms with Crippen LogP contribution in [0.25, 0.3) is 0 Å². The molecule has 0 aliphatic carbocycles. The number of anilines is 1. The van der Waals surface area contributed by atoms with Crippen molar-refractivity contribution in [3.05, 3.63) is 87.9 Å². The molecule has 7 nitrogen and oxygen atoms in total. The average Bonchev–Trinajstić information content (AvgIpc) is 2.82. The largest absolute Gasteiger partial charge is 0.496 e. The van der Waals surface area contributed by atoms with Crippen LogP contribution in [-0.2, 0) is 10.0 Å². The summed E-state index contributed by atoms with van der Waals surface area (Å²) in [7, 11) is -0.642. The Morgan fingerprint density at radius 3 is 2.18 bits per heavy atom. The lowest BCUT2D eigenvalue weighted by Crippen LogP contribution is -2.26. The van der Waals surface area contributed by atoms with Gasteiger partial charge in [0.1, 0.15) is 5.75 Å². The standard InChI is InChI=1S/C24H24BrN3O4S/c1-16-5-12-21(13-6-16)33(30,31)28(3)20-10-7-18(8-11-20)24(29)27-26-17(2)19-9-14-23(32-4)22(25)15-19/h5-15H,1-4H3,(H,27,29)/b26-17-. The average molecular weight is 530 g/mol. The van der Waals surface area contributed by atoms with Gasteiger partial charge >= 0.3 is 0 Å². The maximum atomic E-state index is 12.9. The Morgan fingerprint density at radius 2 is 1.61 bits per heavy atom. The molecule has 9 heteroatoms. The van der Waals surface area contributed by atoms with Crippen LogP contribution in [0.15, 0.2) is 81.2 Å². The highest BCUT2D eigenvalue weighted by atomic mass is 79.9. The van der Waals surface area contributed by atoms with Gasteiger partial charge in [-0.15, -0.1) is 0 Å². The van der Waals surface area contributed by atoms with Gasteiger partial charge in [0, 0.05) is 12.6 Å². The van der Waals surface area contributed by atoms with E-state index in [0.29, 0.717) is 22.7 Å². The molecule has 0 spiro atoms. The van der Waals surface area contributed by atoms with Gasteiger partial charge in [0.2, 0.25) is 0 Å². The van der Waals surface area contributed by atoms with Crippen molar-refractivity contribution in [2.24, 2.45) is 5.10 Å². The normalized spacial score (nSPS) is 11.7. The SMILES string of the molecule is COc1ccc(/C(C)=N\NC(=O)c2ccc(N(C)S(=O)(=O)c3ccc(C)cc3)cc2)cc1Br. The Bertz CT molecular complexity index is 1290. The number of amides is 1. The number of hydrogen-bond donors (Lipinski definition) is 1. The predicted octanol–water partition coefficient (Wildman–Crippen LogP) is 4.75. The van der Waals surface area contributed by atoms with Crippen molar-refractivity contribution in [3.63, 3.8) is 0 Å². The Balaban J connectivity index is 1.71. The zero-order valence-electron chi connectivity index (χ0n) is 18.7. The lowest BCUT2D eigenvalue weighted by Gasteiger charge is -2.19. The third-order valence-electron chi connectivity index (χ3n) is 5.07. The molecule has 33 heavy (non-hydrogen) atoms. The maximum Gasteiger partial charge on any atom is 0.271 e. The molecule has 0 saturated heterocycles. The number of ether oxygens (including phenoxy) is 1. The van der Waals surface area contributed by atoms with Gasteiger partial charge in [-0.3, -0.25) is 9.10 Å². The number of carbonyl (C=O) groups is 1. The highest BCUT2D eigenvalue weighted by Crippen LogP contribution is 2.26. The molecule has 0 aliphatic heterocycles. The van der Waals surface area contributed by atoms with Gasteiger partial charge in [-0.2, -0.15) is 5.10 Å². The number of nitrogens with zero attached hydrogens (tertiary/aromatic N) is 2. The number of hydrogen-bond acceptors (Lipinski definition) is 5. The highest BCUT2D eigenvalue weighted by molar-refractivity contribution is 9.10. The molecule has 3 aromatic carbocycles. The molecule has 1 N–H and O–H groups in total. The van der Waals surface area contributed by atoms with Crippen molar-refractivity contribution >= 4 is 43.3 Å². The summed E-state index contributed by atoms with van der Waals surface area (Å²) in [5.74, 6) is 0.294. The molecule has 0 fully saturated rings. The van der Waals surface area contributed by atoms with Crippen LogP contribution in [0.3, 0.4) is 0 Å². The van der Waals surface area contributed by atoms with Gasteiger partial charge in [0.05, 0.1) is 27.9 Å². The first-order valence-electron chi connectivity index (χ1n) is 9.97. The van der Waals surface area contributed by atoms with E-state index in [-0.39, 0.29) is 4.90 Å². The Hall–Kier alpha value is -3.17. The number of benzene rings is 3. The van der Waals surface area contributed by atoms with Crippen molar-refractivity contribution < 1.29 is 17.9 Å². The molecule has 0 aliphatic rings. The van der Waals surface area contributed by atoms with E-state index in [4.69, 9.17) is 4.74 Å². The number of sulfonamides is 1. The van der Waals surface area contributed by atoms with E-state index in [1.165, 1.54) is 11.4 Å². The first-order chi connectivity index (χ1) is 15.6. The first-order valence-corrected chi connectivity index (χ1v) is 12.2. The molecule has 0 saturated carbocycles. The van der Waals surface area contributed by atoms with Crippen molar-refractivity contribution in [2.75, 3.05) is 18.5 Å². The molecule has 1 amide bonds. The number of methoxy groups -OCH3 is 1. The van der Waals surface area contributed by atoms with Gasteiger partial charge in [-0.1, -0.05) is 17.7 Å². The van der Waals surface area contributed by atoms with Crippen LogP contribution in [-0.4, -0.2) is 34.2 Å². The summed E-state index contributed by atoms with van der Waals surface area (Å²) in [6.07, 6.45) is 0. The number of halogens is 1. The van der Waals surface area contributed by atoms with Crippen LogP contribution in [0.4, 0.5) is 5.69 Å². The van der Waals surface area contributed by atoms with Crippen LogP contribution in [0.2, 0.25) is 0 Å². The number of carbonyl (C=O) groups excluding carboxylic acids is 1. The van der Waals surface area contributed by atoms with Gasteiger partial charge < -0.3 is 4.74 Å². The third kappa shape index (κ3) is 5.61. The fourth-order valence-electron chi connectivity index (χ4n) is 2.99. The summed E-state index contributed by atoms with van der Waals surface area (Å²) in [6.45, 7) is 3.67. The van der Waals surface area contributed by atoms with Crippen LogP contribution in [0.5, 0.6) is 5.75 Å². The summed E-state index contributed by atoms with van der Waals surface area (Å²) in [5, 5.41) is 4.16. The second-order valence-electron chi connectivity index (χ2n) is 7.32. The molecule has 172 valence electrons. The molecular formula is C24H24BrN3O4S. The maximum absolute atomic E-state index is 12.9. The van der Waals surface area contributed by atoms with Crippen LogP contribution in [0.1, 0.15) is 28.4 Å². The van der Waals surface area contributed by atoms with Gasteiger partial charge in [-0.25, -0.2) is 13.8 Å². The van der Waals surface area contributed by atoms with Gasteiger partial charge in [0.15, 0.2) is 0 Å². The molecule has 0 heterocycles. The highest BCUT2D eigenvalue weighted by Gasteiger charge is 2.21. The van der Waals surface area contributed by atoms with Crippen molar-refractivity contribution in [1.29, 1.82) is 0 Å². The Labute approximate surface area is 202 Å². The third-order valence-corrected chi connectivity index (χ3v) is 7.49. The molecule has 0 bridgehead atoms. The lowest BCUT2D eigenvalue weighted by atomic mass is 10.1. The molecule has 0 atom stereocenters. The molecule has 3 aromatic rings. The van der Waals surface area contributed by atoms with Gasteiger partial charge in [0.25, 0.3) is 15.9 Å². The van der Waals surface area contributed by atoms with Gasteiger partial charge in [-0.05, 0) is 89.9 Å². The molecule has 0 radical (unpaired) electrons. The lowest BCUT2D eigenvalue weighted by molar-refractivity contribution is 0.0955. The van der Waals surface area contributed by atoms with Crippen LogP contribution >= 0.6 is 15.9 Å². The second kappa shape index (κ2) is 10.2. The number of aryl methyl sites for hydroxylation is 1. The zero-order chi connectivity index (χ0) is 24.2. The minimum atomic E-state index is -3.70. The summed E-state index contributed by atoms with van der Waals surface area (Å²) in [5.41, 5.74) is 5.73. The fourth-order valence-corrected chi connectivity index (χ4v) is 4.72. The van der Waals surface area contributed by atoms with Crippen molar-refractivity contribution in [2.45, 2.75) is 18.7 Å². The first kappa shape index (κ1) is 24.5. The summed E-state index contributed by atoms with van der Waals surface area (Å²) >= 11 is 3.43. The monoisotopic (exact) mass is 529 g/mol. The minimum Gasteiger partial charge on any atom is -0.496 e. The zero-order valence-corrected chi connectivity index (χ0v) is 21.1. The van der Waals surface area contributed by atoms with E-state index in [9.17, 15) is 13.2 Å². The van der Waals surface area contributed by atoms with E-state index < -0.39 is 15.9 Å². The van der Waals surface area contributed by atoms with E-state index in [2.05, 4.69) is 26.5 Å². The predicted molar refractivity (Wildman–Crippen MR) is 134 cm³/mol. The quantitative estimate of drug-likeness (QED) is 0.353. The summed E-state index contributed by atoms with van der Waals surface area (Å²) in [6, 6.07) is 18.4. The van der Waals surface area contributed by atoms with Crippen LogP contribution in [0, 0.1) is 6.92 Å². The van der Waals surface area contributed by atoms with E-state index in [1.54, 1.807) is 68.6 Å². The molecular weight excluding hydrogens is 506 g/mol. The summed E-state index contributed by atoms with van der Waals surface area (Å²) in [4.78, 5) is 12.7. The minimum absolute atomic E-state index is 0.201. The fraction of sp³-hybridized carbons (Fsp3) is 0.167. The number of nitrogens with one attached hydrogen (secondary N) is 1. The number of rotatable bonds is 7. The second-order valence-corrected chi connectivity index (χ2v) is 10.1. The van der Waals surface area contributed by atoms with Crippen molar-refractivity contribution in [3.8, 4) is 5.75 Å². The molecule has 3 rings (SSSR count). The topological polar surface area (TPSA) is 88.1 Å². The van der Waals surface area contributed by atoms with E-state index >= 15 is 0 Å².